The van der Waals surface area contributed by atoms with Gasteiger partial charge in [-0.25, -0.2) is 0 Å². The van der Waals surface area contributed by atoms with Gasteiger partial charge in [0, 0.05) is 6.61 Å². The first-order valence-electron chi connectivity index (χ1n) is 9.91. The highest BCUT2D eigenvalue weighted by molar-refractivity contribution is 5.49. The summed E-state index contributed by atoms with van der Waals surface area (Å²) in [6.07, 6.45) is 6.91. The first kappa shape index (κ1) is 19.8. The standard InChI is InChI=1S/C24H30O3/c1-19(17-24-23(27-24)15-14-20-9-4-2-5-10-20)22(25)13-8-16-26-18-21-11-6-3-7-12-21/h2-7,9-12,14-15,19,22-25H,8,13,16-18H2,1H3/b15-14+/t19-,22-,23-,24-/m0/s1. The lowest BCUT2D eigenvalue weighted by molar-refractivity contribution is 0.0708. The van der Waals surface area contributed by atoms with Gasteiger partial charge >= 0.3 is 0 Å². The van der Waals surface area contributed by atoms with Gasteiger partial charge < -0.3 is 14.6 Å². The molecule has 0 spiro atoms. The molecular formula is C24H30O3. The summed E-state index contributed by atoms with van der Waals surface area (Å²) in [6.45, 7) is 3.42. The lowest BCUT2D eigenvalue weighted by Gasteiger charge is -2.17. The largest absolute Gasteiger partial charge is 0.393 e. The summed E-state index contributed by atoms with van der Waals surface area (Å²) in [5.74, 6) is 0.235. The molecule has 1 N–H and O–H groups in total. The number of rotatable bonds is 11. The van der Waals surface area contributed by atoms with Gasteiger partial charge in [0.25, 0.3) is 0 Å². The van der Waals surface area contributed by atoms with E-state index in [9.17, 15) is 5.11 Å². The lowest BCUT2D eigenvalue weighted by Crippen LogP contribution is -2.20. The highest BCUT2D eigenvalue weighted by atomic mass is 16.6. The van der Waals surface area contributed by atoms with E-state index in [0.717, 1.165) is 19.3 Å². The highest BCUT2D eigenvalue weighted by Gasteiger charge is 2.38. The van der Waals surface area contributed by atoms with Crippen LogP contribution in [0.5, 0.6) is 0 Å². The summed E-state index contributed by atoms with van der Waals surface area (Å²) in [5.41, 5.74) is 2.38. The van der Waals surface area contributed by atoms with Crippen LogP contribution in [0.15, 0.2) is 66.7 Å². The van der Waals surface area contributed by atoms with E-state index in [1.165, 1.54) is 11.1 Å². The Hall–Kier alpha value is -1.94. The molecule has 1 aliphatic rings. The average Bonchev–Trinajstić information content (AvgIpc) is 3.45. The number of aliphatic hydroxyl groups is 1. The third kappa shape index (κ3) is 6.94. The molecule has 0 unspecified atom stereocenters. The maximum atomic E-state index is 10.4. The van der Waals surface area contributed by atoms with Crippen LogP contribution in [0.1, 0.15) is 37.3 Å². The van der Waals surface area contributed by atoms with Crippen LogP contribution in [0, 0.1) is 5.92 Å². The van der Waals surface area contributed by atoms with Gasteiger partial charge in [0.1, 0.15) is 6.10 Å². The number of hydrogen-bond acceptors (Lipinski definition) is 3. The third-order valence-corrected chi connectivity index (χ3v) is 5.06. The molecule has 2 aromatic rings. The van der Waals surface area contributed by atoms with E-state index in [2.05, 4.69) is 43.3 Å². The number of epoxide rings is 1. The Kier molecular flexibility index (Phi) is 7.64. The number of benzene rings is 2. The summed E-state index contributed by atoms with van der Waals surface area (Å²) < 4.78 is 11.4. The summed E-state index contributed by atoms with van der Waals surface area (Å²) in [5, 5.41) is 10.4. The molecule has 0 saturated carbocycles. The molecule has 1 fully saturated rings. The zero-order valence-electron chi connectivity index (χ0n) is 16.0. The lowest BCUT2D eigenvalue weighted by atomic mass is 9.94. The van der Waals surface area contributed by atoms with Crippen LogP contribution in [0.3, 0.4) is 0 Å². The second-order valence-electron chi connectivity index (χ2n) is 7.37. The molecule has 27 heavy (non-hydrogen) atoms. The van der Waals surface area contributed by atoms with Crippen molar-refractivity contribution in [2.45, 2.75) is 51.1 Å². The van der Waals surface area contributed by atoms with Crippen LogP contribution in [-0.4, -0.2) is 30.0 Å². The van der Waals surface area contributed by atoms with E-state index in [-0.39, 0.29) is 24.2 Å². The van der Waals surface area contributed by atoms with Crippen LogP contribution in [0.25, 0.3) is 6.08 Å². The van der Waals surface area contributed by atoms with Gasteiger partial charge in [0.2, 0.25) is 0 Å². The monoisotopic (exact) mass is 366 g/mol. The molecule has 0 radical (unpaired) electrons. The minimum atomic E-state index is -0.298. The first-order chi connectivity index (χ1) is 13.2. The Morgan fingerprint density at radius 2 is 1.78 bits per heavy atom. The van der Waals surface area contributed by atoms with Gasteiger partial charge in [-0.1, -0.05) is 79.7 Å². The summed E-state index contributed by atoms with van der Waals surface area (Å²) in [7, 11) is 0. The van der Waals surface area contributed by atoms with Crippen molar-refractivity contribution in [3.05, 3.63) is 77.9 Å². The van der Waals surface area contributed by atoms with Crippen LogP contribution in [0.4, 0.5) is 0 Å². The molecule has 1 saturated heterocycles. The smallest absolute Gasteiger partial charge is 0.103 e. The molecule has 0 bridgehead atoms. The number of hydrogen-bond donors (Lipinski definition) is 1. The zero-order chi connectivity index (χ0) is 18.9. The number of aliphatic hydroxyl groups excluding tert-OH is 1. The van der Waals surface area contributed by atoms with Crippen LogP contribution in [0.2, 0.25) is 0 Å². The van der Waals surface area contributed by atoms with E-state index >= 15 is 0 Å². The van der Waals surface area contributed by atoms with E-state index < -0.39 is 0 Å². The minimum absolute atomic E-state index is 0.189. The van der Waals surface area contributed by atoms with Crippen LogP contribution >= 0.6 is 0 Å². The number of ether oxygens (including phenoxy) is 2. The fourth-order valence-electron chi connectivity index (χ4n) is 3.25. The maximum Gasteiger partial charge on any atom is 0.103 e. The van der Waals surface area contributed by atoms with E-state index in [1.54, 1.807) is 0 Å². The minimum Gasteiger partial charge on any atom is -0.393 e. The van der Waals surface area contributed by atoms with Gasteiger partial charge in [0.05, 0.1) is 18.8 Å². The summed E-state index contributed by atoms with van der Waals surface area (Å²) in [4.78, 5) is 0. The molecule has 3 rings (SSSR count). The van der Waals surface area contributed by atoms with E-state index in [0.29, 0.717) is 13.2 Å². The van der Waals surface area contributed by atoms with Crippen molar-refractivity contribution in [1.29, 1.82) is 0 Å². The fraction of sp³-hybridized carbons (Fsp3) is 0.417. The van der Waals surface area contributed by atoms with Crippen molar-refractivity contribution in [3.8, 4) is 0 Å². The Morgan fingerprint density at radius 3 is 2.52 bits per heavy atom. The summed E-state index contributed by atoms with van der Waals surface area (Å²) in [6, 6.07) is 20.4. The SMILES string of the molecule is C[C@@H](C[C@@H]1O[C@H]1/C=C/c1ccccc1)[C@@H](O)CCCOCc1ccccc1. The van der Waals surface area contributed by atoms with Crippen molar-refractivity contribution in [2.75, 3.05) is 6.61 Å². The first-order valence-corrected chi connectivity index (χ1v) is 9.91. The molecule has 1 aliphatic heterocycles. The van der Waals surface area contributed by atoms with Gasteiger partial charge in [-0.3, -0.25) is 0 Å². The van der Waals surface area contributed by atoms with E-state index in [4.69, 9.17) is 9.47 Å². The molecule has 0 aromatic heterocycles. The van der Waals surface area contributed by atoms with Crippen molar-refractivity contribution in [1.82, 2.24) is 0 Å². The second kappa shape index (κ2) is 10.4. The Labute approximate surface area is 162 Å². The maximum absolute atomic E-state index is 10.4. The predicted molar refractivity (Wildman–Crippen MR) is 109 cm³/mol. The fourth-order valence-corrected chi connectivity index (χ4v) is 3.25. The topological polar surface area (TPSA) is 42.0 Å². The Bertz CT molecular complexity index is 683. The molecule has 2 aromatic carbocycles. The second-order valence-corrected chi connectivity index (χ2v) is 7.37. The third-order valence-electron chi connectivity index (χ3n) is 5.06. The molecule has 3 heteroatoms. The molecule has 1 heterocycles. The van der Waals surface area contributed by atoms with Gasteiger partial charge in [-0.2, -0.15) is 0 Å². The van der Waals surface area contributed by atoms with Crippen LogP contribution in [-0.2, 0) is 16.1 Å². The Morgan fingerprint density at radius 1 is 1.07 bits per heavy atom. The Balaban J connectivity index is 1.27. The normalized spacial score (nSPS) is 21.3. The molecule has 0 amide bonds. The molecule has 0 aliphatic carbocycles. The van der Waals surface area contributed by atoms with Crippen LogP contribution < -0.4 is 0 Å². The quantitative estimate of drug-likeness (QED) is 0.456. The van der Waals surface area contributed by atoms with Gasteiger partial charge in [0.15, 0.2) is 0 Å². The van der Waals surface area contributed by atoms with E-state index in [1.807, 2.05) is 36.4 Å². The summed E-state index contributed by atoms with van der Waals surface area (Å²) >= 11 is 0. The molecular weight excluding hydrogens is 336 g/mol. The van der Waals surface area contributed by atoms with Gasteiger partial charge in [-0.15, -0.1) is 0 Å². The molecule has 3 nitrogen and oxygen atoms in total. The van der Waals surface area contributed by atoms with Crippen molar-refractivity contribution in [3.63, 3.8) is 0 Å². The average molecular weight is 367 g/mol. The van der Waals surface area contributed by atoms with Gasteiger partial charge in [-0.05, 0) is 36.3 Å². The highest BCUT2D eigenvalue weighted by Crippen LogP contribution is 2.31. The van der Waals surface area contributed by atoms with Crippen molar-refractivity contribution in [2.24, 2.45) is 5.92 Å². The molecule has 4 atom stereocenters. The van der Waals surface area contributed by atoms with Crippen molar-refractivity contribution >= 4 is 6.08 Å². The molecule has 144 valence electrons. The zero-order valence-corrected chi connectivity index (χ0v) is 16.0. The van der Waals surface area contributed by atoms with Crippen molar-refractivity contribution < 1.29 is 14.6 Å². The predicted octanol–water partition coefficient (Wildman–Crippen LogP) is 4.85.